The Balaban J connectivity index is 2.08. The fraction of sp³-hybridized carbons (Fsp3) is 0.375. The molecule has 1 atom stereocenters. The first-order valence-corrected chi connectivity index (χ1v) is 7.94. The van der Waals surface area contributed by atoms with Gasteiger partial charge in [0.15, 0.2) is 0 Å². The molecule has 1 aromatic heterocycles. The van der Waals surface area contributed by atoms with Crippen LogP contribution in [-0.4, -0.2) is 11.9 Å². The van der Waals surface area contributed by atoms with E-state index >= 15 is 0 Å². The minimum atomic E-state index is 0.355. The number of nitrogens with two attached hydrogens (primary N) is 1. The summed E-state index contributed by atoms with van der Waals surface area (Å²) in [7, 11) is 2.15. The zero-order valence-electron chi connectivity index (χ0n) is 12.2. The molecule has 0 radical (unpaired) electrons. The molecule has 2 nitrogen and oxygen atoms in total. The monoisotopic (exact) mass is 308 g/mol. The number of hydrogen-bond donors (Lipinski definition) is 1. The highest BCUT2D eigenvalue weighted by Gasteiger charge is 2.14. The molecule has 1 aromatic carbocycles. The Hall–Kier alpha value is -0.870. The molecular formula is C16H21ClN2S. The molecule has 1 heterocycles. The molecular weight excluding hydrogens is 288 g/mol. The van der Waals surface area contributed by atoms with Crippen LogP contribution >= 0.6 is 22.9 Å². The van der Waals surface area contributed by atoms with Crippen molar-refractivity contribution >= 4 is 22.9 Å². The van der Waals surface area contributed by atoms with Crippen molar-refractivity contribution in [3.63, 3.8) is 0 Å². The first-order chi connectivity index (χ1) is 9.51. The first-order valence-electron chi connectivity index (χ1n) is 6.75. The van der Waals surface area contributed by atoms with E-state index in [0.717, 1.165) is 11.6 Å². The van der Waals surface area contributed by atoms with Gasteiger partial charge in [0.1, 0.15) is 0 Å². The molecule has 2 aromatic rings. The fourth-order valence-electron chi connectivity index (χ4n) is 2.25. The van der Waals surface area contributed by atoms with E-state index in [1.165, 1.54) is 20.9 Å². The maximum atomic E-state index is 5.94. The van der Waals surface area contributed by atoms with Crippen LogP contribution in [0.4, 0.5) is 0 Å². The molecule has 0 bridgehead atoms. The molecule has 0 fully saturated rings. The van der Waals surface area contributed by atoms with E-state index < -0.39 is 0 Å². The van der Waals surface area contributed by atoms with E-state index in [0.29, 0.717) is 12.6 Å². The molecule has 0 amide bonds. The predicted molar refractivity (Wildman–Crippen MR) is 88.3 cm³/mol. The van der Waals surface area contributed by atoms with Crippen molar-refractivity contribution < 1.29 is 0 Å². The van der Waals surface area contributed by atoms with Gasteiger partial charge in [0, 0.05) is 33.9 Å². The number of aryl methyl sites for hydroxylation is 1. The minimum absolute atomic E-state index is 0.355. The number of benzene rings is 1. The maximum absolute atomic E-state index is 5.94. The van der Waals surface area contributed by atoms with Gasteiger partial charge >= 0.3 is 0 Å². The second-order valence-corrected chi connectivity index (χ2v) is 6.92. The van der Waals surface area contributed by atoms with Crippen molar-refractivity contribution in [3.8, 4) is 0 Å². The summed E-state index contributed by atoms with van der Waals surface area (Å²) in [4.78, 5) is 4.96. The van der Waals surface area contributed by atoms with Gasteiger partial charge in [-0.15, -0.1) is 11.3 Å². The molecule has 0 aliphatic carbocycles. The third kappa shape index (κ3) is 3.61. The molecule has 2 N–H and O–H groups in total. The smallest absolute Gasteiger partial charge is 0.0406 e. The van der Waals surface area contributed by atoms with Gasteiger partial charge < -0.3 is 5.73 Å². The van der Waals surface area contributed by atoms with Gasteiger partial charge in [0.25, 0.3) is 0 Å². The standard InChI is InChI=1S/C16H21ClN2S/c1-11(13-4-6-15(17)7-5-13)19(3)10-14-8-16(9-18)20-12(14)2/h4-8,11H,9-10,18H2,1-3H3. The summed E-state index contributed by atoms with van der Waals surface area (Å²) in [5.74, 6) is 0. The predicted octanol–water partition coefficient (Wildman–Crippen LogP) is 4.36. The highest BCUT2D eigenvalue weighted by molar-refractivity contribution is 7.12. The van der Waals surface area contributed by atoms with Gasteiger partial charge in [0.05, 0.1) is 0 Å². The molecule has 1 unspecified atom stereocenters. The van der Waals surface area contributed by atoms with Crippen molar-refractivity contribution in [2.45, 2.75) is 33.0 Å². The molecule has 2 rings (SSSR count). The van der Waals surface area contributed by atoms with Crippen LogP contribution in [0.1, 0.15) is 33.8 Å². The summed E-state index contributed by atoms with van der Waals surface area (Å²) in [6, 6.07) is 10.7. The van der Waals surface area contributed by atoms with E-state index in [1.54, 1.807) is 11.3 Å². The zero-order valence-corrected chi connectivity index (χ0v) is 13.8. The minimum Gasteiger partial charge on any atom is -0.326 e. The summed E-state index contributed by atoms with van der Waals surface area (Å²) < 4.78 is 0. The summed E-state index contributed by atoms with van der Waals surface area (Å²) in [5, 5.41) is 0.782. The normalized spacial score (nSPS) is 12.9. The average molecular weight is 309 g/mol. The molecule has 4 heteroatoms. The van der Waals surface area contributed by atoms with Crippen LogP contribution in [0.25, 0.3) is 0 Å². The third-order valence-corrected chi connectivity index (χ3v) is 5.07. The topological polar surface area (TPSA) is 29.3 Å². The number of nitrogens with zero attached hydrogens (tertiary/aromatic N) is 1. The second kappa shape index (κ2) is 6.72. The van der Waals surface area contributed by atoms with Crippen molar-refractivity contribution in [2.75, 3.05) is 7.05 Å². The molecule has 0 spiro atoms. The van der Waals surface area contributed by atoms with E-state index in [-0.39, 0.29) is 0 Å². The Bertz CT molecular complexity index is 562. The number of halogens is 1. The van der Waals surface area contributed by atoms with Gasteiger partial charge in [-0.25, -0.2) is 0 Å². The number of thiophene rings is 1. The van der Waals surface area contributed by atoms with Crippen LogP contribution in [0.5, 0.6) is 0 Å². The Morgan fingerprint density at radius 2 is 1.95 bits per heavy atom. The summed E-state index contributed by atoms with van der Waals surface area (Å²) in [6.07, 6.45) is 0. The van der Waals surface area contributed by atoms with Crippen molar-refractivity contribution in [1.82, 2.24) is 4.90 Å². The van der Waals surface area contributed by atoms with Gasteiger partial charge in [-0.2, -0.15) is 0 Å². The van der Waals surface area contributed by atoms with Crippen LogP contribution in [0.3, 0.4) is 0 Å². The Labute approximate surface area is 130 Å². The fourth-order valence-corrected chi connectivity index (χ4v) is 3.30. The van der Waals surface area contributed by atoms with Crippen molar-refractivity contribution in [3.05, 3.63) is 56.2 Å². The largest absolute Gasteiger partial charge is 0.326 e. The van der Waals surface area contributed by atoms with Crippen molar-refractivity contribution in [2.24, 2.45) is 5.73 Å². The quantitative estimate of drug-likeness (QED) is 0.889. The lowest BCUT2D eigenvalue weighted by atomic mass is 10.1. The summed E-state index contributed by atoms with van der Waals surface area (Å²) >= 11 is 7.74. The lowest BCUT2D eigenvalue weighted by Gasteiger charge is -2.25. The molecule has 108 valence electrons. The second-order valence-electron chi connectivity index (χ2n) is 5.14. The highest BCUT2D eigenvalue weighted by Crippen LogP contribution is 2.26. The van der Waals surface area contributed by atoms with Crippen LogP contribution in [0.2, 0.25) is 5.02 Å². The lowest BCUT2D eigenvalue weighted by molar-refractivity contribution is 0.253. The molecule has 0 saturated heterocycles. The summed E-state index contributed by atoms with van der Waals surface area (Å²) in [6.45, 7) is 5.95. The van der Waals surface area contributed by atoms with Gasteiger partial charge in [-0.05, 0) is 50.2 Å². The molecule has 0 aliphatic rings. The summed E-state index contributed by atoms with van der Waals surface area (Å²) in [5.41, 5.74) is 8.37. The van der Waals surface area contributed by atoms with E-state index in [9.17, 15) is 0 Å². The van der Waals surface area contributed by atoms with Gasteiger partial charge in [-0.3, -0.25) is 4.90 Å². The third-order valence-electron chi connectivity index (χ3n) is 3.71. The van der Waals surface area contributed by atoms with E-state index in [2.05, 4.69) is 44.0 Å². The Kier molecular flexibility index (Phi) is 5.22. The molecule has 0 aliphatic heterocycles. The number of hydrogen-bond acceptors (Lipinski definition) is 3. The van der Waals surface area contributed by atoms with E-state index in [4.69, 9.17) is 17.3 Å². The number of rotatable bonds is 5. The van der Waals surface area contributed by atoms with Crippen molar-refractivity contribution in [1.29, 1.82) is 0 Å². The van der Waals surface area contributed by atoms with Gasteiger partial charge in [0.2, 0.25) is 0 Å². The maximum Gasteiger partial charge on any atom is 0.0406 e. The molecule has 20 heavy (non-hydrogen) atoms. The van der Waals surface area contributed by atoms with Crippen LogP contribution in [-0.2, 0) is 13.1 Å². The Morgan fingerprint density at radius 1 is 1.30 bits per heavy atom. The Morgan fingerprint density at radius 3 is 2.50 bits per heavy atom. The van der Waals surface area contributed by atoms with Crippen LogP contribution in [0.15, 0.2) is 30.3 Å². The van der Waals surface area contributed by atoms with Crippen LogP contribution < -0.4 is 5.73 Å². The zero-order chi connectivity index (χ0) is 14.7. The average Bonchev–Trinajstić information content (AvgIpc) is 2.79. The van der Waals surface area contributed by atoms with E-state index in [1.807, 2.05) is 12.1 Å². The first kappa shape index (κ1) is 15.5. The van der Waals surface area contributed by atoms with Gasteiger partial charge in [-0.1, -0.05) is 23.7 Å². The molecule has 0 saturated carbocycles. The van der Waals surface area contributed by atoms with Crippen LogP contribution in [0, 0.1) is 6.92 Å². The lowest BCUT2D eigenvalue weighted by Crippen LogP contribution is -2.22. The SMILES string of the molecule is Cc1sc(CN)cc1CN(C)C(C)c1ccc(Cl)cc1. The highest BCUT2D eigenvalue weighted by atomic mass is 35.5.